The van der Waals surface area contributed by atoms with Crippen LogP contribution in [0.5, 0.6) is 0 Å². The minimum absolute atomic E-state index is 0.878. The van der Waals surface area contributed by atoms with Crippen LogP contribution < -0.4 is 5.73 Å². The molecule has 1 aromatic carbocycles. The van der Waals surface area contributed by atoms with Crippen LogP contribution in [0, 0.1) is 6.92 Å². The molecule has 1 aromatic heterocycles. The number of hydrogen-bond donors (Lipinski definition) is 1. The van der Waals surface area contributed by atoms with Crippen molar-refractivity contribution in [1.82, 2.24) is 9.55 Å². The van der Waals surface area contributed by atoms with E-state index >= 15 is 0 Å². The fourth-order valence-electron chi connectivity index (χ4n) is 1.61. The summed E-state index contributed by atoms with van der Waals surface area (Å²) in [4.78, 5) is 5.21. The van der Waals surface area contributed by atoms with E-state index in [1.807, 2.05) is 42.6 Å². The van der Waals surface area contributed by atoms with Crippen LogP contribution in [0.2, 0.25) is 0 Å². The van der Waals surface area contributed by atoms with Crippen molar-refractivity contribution in [3.05, 3.63) is 42.5 Å². The Bertz CT molecular complexity index is 466. The highest BCUT2D eigenvalue weighted by Gasteiger charge is 2.00. The van der Waals surface area contributed by atoms with Crippen LogP contribution in [-0.4, -0.2) is 15.3 Å². The van der Waals surface area contributed by atoms with Crippen molar-refractivity contribution in [2.24, 2.45) is 0 Å². The quantitative estimate of drug-likeness (QED) is 0.502. The molecule has 2 N–H and O–H groups in total. The second kappa shape index (κ2) is 5.77. The zero-order valence-electron chi connectivity index (χ0n) is 9.97. The minimum atomic E-state index is 0.878. The number of benzene rings is 1. The van der Waals surface area contributed by atoms with Gasteiger partial charge in [0, 0.05) is 29.5 Å². The number of nitrogens with two attached hydrogens (primary N) is 1. The summed E-state index contributed by atoms with van der Waals surface area (Å²) in [7, 11) is 0. The molecule has 0 radical (unpaired) electrons. The molecule has 0 aliphatic rings. The topological polar surface area (TPSA) is 43.8 Å². The smallest absolute Gasteiger partial charge is 0.0945 e. The molecule has 2 rings (SSSR count). The molecule has 0 bridgehead atoms. The fourth-order valence-corrected chi connectivity index (χ4v) is 2.61. The Hall–Kier alpha value is -1.42. The van der Waals surface area contributed by atoms with Gasteiger partial charge in [0.25, 0.3) is 0 Å². The van der Waals surface area contributed by atoms with E-state index in [9.17, 15) is 0 Å². The highest BCUT2D eigenvalue weighted by molar-refractivity contribution is 7.99. The number of aryl methyl sites for hydroxylation is 2. The maximum atomic E-state index is 5.93. The van der Waals surface area contributed by atoms with Crippen LogP contribution >= 0.6 is 11.8 Å². The van der Waals surface area contributed by atoms with E-state index in [1.165, 1.54) is 10.5 Å². The van der Waals surface area contributed by atoms with Gasteiger partial charge in [-0.25, -0.2) is 4.98 Å². The lowest BCUT2D eigenvalue weighted by molar-refractivity contribution is 0.683. The van der Waals surface area contributed by atoms with Crippen molar-refractivity contribution < 1.29 is 0 Å². The predicted octanol–water partition coefficient (Wildman–Crippen LogP) is 2.96. The monoisotopic (exact) mass is 247 g/mol. The summed E-state index contributed by atoms with van der Waals surface area (Å²) < 4.78 is 2.10. The molecule has 1 heterocycles. The Morgan fingerprint density at radius 1 is 1.41 bits per heavy atom. The molecule has 90 valence electrons. The Kier molecular flexibility index (Phi) is 4.09. The minimum Gasteiger partial charge on any atom is -0.398 e. The third-order valence-electron chi connectivity index (χ3n) is 2.55. The van der Waals surface area contributed by atoms with Crippen LogP contribution in [0.1, 0.15) is 12.0 Å². The zero-order chi connectivity index (χ0) is 12.1. The highest BCUT2D eigenvalue weighted by Crippen LogP contribution is 2.26. The summed E-state index contributed by atoms with van der Waals surface area (Å²) in [6.45, 7) is 3.10. The first-order valence-corrected chi connectivity index (χ1v) is 6.69. The zero-order valence-corrected chi connectivity index (χ0v) is 10.8. The normalized spacial score (nSPS) is 10.6. The number of imidazole rings is 1. The maximum absolute atomic E-state index is 5.93. The van der Waals surface area contributed by atoms with Crippen molar-refractivity contribution >= 4 is 17.4 Å². The molecule has 0 atom stereocenters. The van der Waals surface area contributed by atoms with Gasteiger partial charge in [-0.2, -0.15) is 0 Å². The number of anilines is 1. The fraction of sp³-hybridized carbons (Fsp3) is 0.308. The van der Waals surface area contributed by atoms with Crippen LogP contribution in [0.3, 0.4) is 0 Å². The molecule has 3 nitrogen and oxygen atoms in total. The lowest BCUT2D eigenvalue weighted by Crippen LogP contribution is -1.96. The first-order chi connectivity index (χ1) is 8.25. The highest BCUT2D eigenvalue weighted by atomic mass is 32.2. The molecule has 0 aliphatic carbocycles. The van der Waals surface area contributed by atoms with Crippen LogP contribution in [0.25, 0.3) is 0 Å². The van der Waals surface area contributed by atoms with Gasteiger partial charge < -0.3 is 10.3 Å². The van der Waals surface area contributed by atoms with Crippen molar-refractivity contribution in [2.45, 2.75) is 24.8 Å². The van der Waals surface area contributed by atoms with Crippen molar-refractivity contribution in [1.29, 1.82) is 0 Å². The van der Waals surface area contributed by atoms with Gasteiger partial charge >= 0.3 is 0 Å². The Labute approximate surface area is 106 Å². The first kappa shape index (κ1) is 12.0. The number of thioether (sulfide) groups is 1. The largest absolute Gasteiger partial charge is 0.398 e. The maximum Gasteiger partial charge on any atom is 0.0945 e. The second-order valence-electron chi connectivity index (χ2n) is 4.04. The van der Waals surface area contributed by atoms with E-state index in [0.717, 1.165) is 24.4 Å². The molecule has 0 amide bonds. The van der Waals surface area contributed by atoms with Gasteiger partial charge in [0.05, 0.1) is 6.33 Å². The van der Waals surface area contributed by atoms with Gasteiger partial charge in [-0.05, 0) is 36.8 Å². The molecule has 0 unspecified atom stereocenters. The van der Waals surface area contributed by atoms with E-state index in [2.05, 4.69) is 22.5 Å². The molecule has 0 saturated carbocycles. The number of nitrogen functional groups attached to an aromatic ring is 1. The summed E-state index contributed by atoms with van der Waals surface area (Å²) in [5.41, 5.74) is 8.07. The average molecular weight is 247 g/mol. The SMILES string of the molecule is Cc1ccc(N)c(SCCCn2ccnc2)c1. The lowest BCUT2D eigenvalue weighted by Gasteiger charge is -2.06. The molecule has 4 heteroatoms. The molecule has 0 fully saturated rings. The second-order valence-corrected chi connectivity index (χ2v) is 5.18. The lowest BCUT2D eigenvalue weighted by atomic mass is 10.2. The average Bonchev–Trinajstić information content (AvgIpc) is 2.82. The molecular formula is C13H17N3S. The summed E-state index contributed by atoms with van der Waals surface area (Å²) in [6.07, 6.45) is 6.78. The molecule has 17 heavy (non-hydrogen) atoms. The van der Waals surface area contributed by atoms with E-state index in [4.69, 9.17) is 5.73 Å². The molecular weight excluding hydrogens is 230 g/mol. The standard InChI is InChI=1S/C13H17N3S/c1-11-3-4-12(14)13(9-11)17-8-2-6-16-7-5-15-10-16/h3-5,7,9-10H,2,6,8,14H2,1H3. The number of hydrogen-bond acceptors (Lipinski definition) is 3. The Morgan fingerprint density at radius 2 is 2.29 bits per heavy atom. The predicted molar refractivity (Wildman–Crippen MR) is 73.2 cm³/mol. The summed E-state index contributed by atoms with van der Waals surface area (Å²) in [5, 5.41) is 0. The van der Waals surface area contributed by atoms with E-state index in [-0.39, 0.29) is 0 Å². The Balaban J connectivity index is 1.80. The summed E-state index contributed by atoms with van der Waals surface area (Å²) >= 11 is 1.82. The number of aromatic nitrogens is 2. The molecule has 0 saturated heterocycles. The third kappa shape index (κ3) is 3.53. The van der Waals surface area contributed by atoms with Gasteiger partial charge in [0.2, 0.25) is 0 Å². The van der Waals surface area contributed by atoms with E-state index in [0.29, 0.717) is 0 Å². The first-order valence-electron chi connectivity index (χ1n) is 5.70. The van der Waals surface area contributed by atoms with E-state index in [1.54, 1.807) is 0 Å². The molecule has 0 aliphatic heterocycles. The number of nitrogens with zero attached hydrogens (tertiary/aromatic N) is 2. The third-order valence-corrected chi connectivity index (χ3v) is 3.70. The van der Waals surface area contributed by atoms with Crippen LogP contribution in [0.4, 0.5) is 5.69 Å². The van der Waals surface area contributed by atoms with Gasteiger partial charge in [-0.3, -0.25) is 0 Å². The van der Waals surface area contributed by atoms with Crippen molar-refractivity contribution in [3.63, 3.8) is 0 Å². The molecule has 2 aromatic rings. The van der Waals surface area contributed by atoms with Crippen molar-refractivity contribution in [2.75, 3.05) is 11.5 Å². The van der Waals surface area contributed by atoms with E-state index < -0.39 is 0 Å². The van der Waals surface area contributed by atoms with Gasteiger partial charge in [0.1, 0.15) is 0 Å². The van der Waals surface area contributed by atoms with Crippen molar-refractivity contribution in [3.8, 4) is 0 Å². The molecule has 0 spiro atoms. The Morgan fingerprint density at radius 3 is 3.06 bits per heavy atom. The van der Waals surface area contributed by atoms with Crippen LogP contribution in [0.15, 0.2) is 41.8 Å². The summed E-state index contributed by atoms with van der Waals surface area (Å²) in [6, 6.07) is 6.18. The van der Waals surface area contributed by atoms with Gasteiger partial charge in [-0.1, -0.05) is 6.07 Å². The van der Waals surface area contributed by atoms with Gasteiger partial charge in [-0.15, -0.1) is 11.8 Å². The number of rotatable bonds is 5. The van der Waals surface area contributed by atoms with Gasteiger partial charge in [0.15, 0.2) is 0 Å². The summed E-state index contributed by atoms with van der Waals surface area (Å²) in [5.74, 6) is 1.08. The van der Waals surface area contributed by atoms with Crippen LogP contribution in [-0.2, 0) is 6.54 Å².